The van der Waals surface area contributed by atoms with Gasteiger partial charge in [-0.3, -0.25) is 9.78 Å². The number of unbranched alkanes of at least 4 members (excludes halogenated alkanes) is 9. The van der Waals surface area contributed by atoms with E-state index in [2.05, 4.69) is 24.0 Å². The lowest BCUT2D eigenvalue weighted by Crippen LogP contribution is -2.17. The lowest BCUT2D eigenvalue weighted by atomic mass is 10.0. The van der Waals surface area contributed by atoms with E-state index in [4.69, 9.17) is 4.74 Å². The Hall–Kier alpha value is -2.16. The van der Waals surface area contributed by atoms with Crippen LogP contribution in [0.3, 0.4) is 0 Å². The minimum Gasteiger partial charge on any atom is -0.426 e. The van der Waals surface area contributed by atoms with E-state index >= 15 is 0 Å². The normalized spacial score (nSPS) is 12.0. The number of esters is 1. The fourth-order valence-corrected chi connectivity index (χ4v) is 3.74. The summed E-state index contributed by atoms with van der Waals surface area (Å²) in [5.74, 6) is 0.302. The predicted octanol–water partition coefficient (Wildman–Crippen LogP) is 8.16. The molecule has 1 unspecified atom stereocenters. The van der Waals surface area contributed by atoms with E-state index < -0.39 is 0 Å². The minimum atomic E-state index is -0.184. The number of carbonyl (C=O) groups excluding carboxylic acids is 1. The van der Waals surface area contributed by atoms with E-state index in [1.807, 2.05) is 44.3 Å². The number of carbonyl (C=O) groups is 1. The lowest BCUT2D eigenvalue weighted by Gasteiger charge is -2.13. The molecule has 0 fully saturated rings. The summed E-state index contributed by atoms with van der Waals surface area (Å²) in [6.45, 7) is 6.17. The maximum Gasteiger partial charge on any atom is 0.314 e. The van der Waals surface area contributed by atoms with Crippen LogP contribution < -0.4 is 4.74 Å². The van der Waals surface area contributed by atoms with Crippen molar-refractivity contribution in [1.82, 2.24) is 4.98 Å². The highest BCUT2D eigenvalue weighted by molar-refractivity contribution is 5.78. The molecular formula is C28H41NO2. The summed E-state index contributed by atoms with van der Waals surface area (Å²) < 4.78 is 5.68. The molecule has 0 aliphatic rings. The van der Waals surface area contributed by atoms with Crippen molar-refractivity contribution in [3.8, 4) is 17.0 Å². The summed E-state index contributed by atoms with van der Waals surface area (Å²) in [4.78, 5) is 16.8. The van der Waals surface area contributed by atoms with Crippen LogP contribution in [0.5, 0.6) is 5.75 Å². The molecule has 0 radical (unpaired) electrons. The van der Waals surface area contributed by atoms with Gasteiger partial charge in [-0.05, 0) is 49.1 Å². The molecule has 0 N–H and O–H groups in total. The fraction of sp³-hybridized carbons (Fsp3) is 0.571. The maximum absolute atomic E-state index is 12.3. The molecule has 2 aromatic rings. The SMILES string of the molecule is CCCCCCCCCCCCc1ccnc(-c2ccccc2OC(=O)C(C)CC)c1. The summed E-state index contributed by atoms with van der Waals surface area (Å²) in [7, 11) is 0. The van der Waals surface area contributed by atoms with Crippen molar-refractivity contribution in [1.29, 1.82) is 0 Å². The highest BCUT2D eigenvalue weighted by Gasteiger charge is 2.16. The number of ether oxygens (including phenoxy) is 1. The summed E-state index contributed by atoms with van der Waals surface area (Å²) in [5.41, 5.74) is 3.05. The Bertz CT molecular complexity index is 771. The zero-order chi connectivity index (χ0) is 22.3. The average Bonchev–Trinajstić information content (AvgIpc) is 2.80. The number of benzene rings is 1. The standard InChI is InChI=1S/C28H41NO2/c1-4-6-7-8-9-10-11-12-13-14-17-24-20-21-29-26(22-24)25-18-15-16-19-27(25)31-28(30)23(3)5-2/h15-16,18-23H,4-14,17H2,1-3H3. The number of hydrogen-bond donors (Lipinski definition) is 0. The third kappa shape index (κ3) is 9.25. The molecule has 0 aliphatic heterocycles. The quantitative estimate of drug-likeness (QED) is 0.165. The van der Waals surface area contributed by atoms with E-state index in [0.717, 1.165) is 24.1 Å². The molecular weight excluding hydrogens is 382 g/mol. The van der Waals surface area contributed by atoms with E-state index in [-0.39, 0.29) is 11.9 Å². The third-order valence-corrected chi connectivity index (χ3v) is 6.03. The molecule has 0 aliphatic carbocycles. The molecule has 31 heavy (non-hydrogen) atoms. The average molecular weight is 424 g/mol. The van der Waals surface area contributed by atoms with Gasteiger partial charge < -0.3 is 4.74 Å². The van der Waals surface area contributed by atoms with Gasteiger partial charge in [0.25, 0.3) is 0 Å². The van der Waals surface area contributed by atoms with Crippen LogP contribution in [-0.4, -0.2) is 11.0 Å². The lowest BCUT2D eigenvalue weighted by molar-refractivity contribution is -0.138. The smallest absolute Gasteiger partial charge is 0.314 e. The van der Waals surface area contributed by atoms with Gasteiger partial charge in [-0.15, -0.1) is 0 Å². The number of pyridine rings is 1. The zero-order valence-electron chi connectivity index (χ0n) is 19.9. The van der Waals surface area contributed by atoms with Crippen molar-refractivity contribution in [3.63, 3.8) is 0 Å². The highest BCUT2D eigenvalue weighted by atomic mass is 16.5. The largest absolute Gasteiger partial charge is 0.426 e. The van der Waals surface area contributed by atoms with E-state index in [1.54, 1.807) is 0 Å². The van der Waals surface area contributed by atoms with Crippen molar-refractivity contribution < 1.29 is 9.53 Å². The predicted molar refractivity (Wildman–Crippen MR) is 130 cm³/mol. The fourth-order valence-electron chi connectivity index (χ4n) is 3.74. The molecule has 0 bridgehead atoms. The Morgan fingerprint density at radius 3 is 2.23 bits per heavy atom. The van der Waals surface area contributed by atoms with Crippen LogP contribution in [0.4, 0.5) is 0 Å². The second-order valence-electron chi connectivity index (χ2n) is 8.71. The van der Waals surface area contributed by atoms with E-state index in [0.29, 0.717) is 5.75 Å². The number of aromatic nitrogens is 1. The number of rotatable bonds is 15. The van der Waals surface area contributed by atoms with Gasteiger partial charge >= 0.3 is 5.97 Å². The first-order valence-electron chi connectivity index (χ1n) is 12.4. The van der Waals surface area contributed by atoms with Crippen molar-refractivity contribution in [3.05, 3.63) is 48.2 Å². The highest BCUT2D eigenvalue weighted by Crippen LogP contribution is 2.30. The Kier molecular flexibility index (Phi) is 12.0. The van der Waals surface area contributed by atoms with Crippen LogP contribution in [0.2, 0.25) is 0 Å². The van der Waals surface area contributed by atoms with Crippen molar-refractivity contribution in [2.45, 2.75) is 97.8 Å². The molecule has 0 saturated carbocycles. The zero-order valence-corrected chi connectivity index (χ0v) is 19.9. The van der Waals surface area contributed by atoms with E-state index in [1.165, 1.54) is 69.8 Å². The summed E-state index contributed by atoms with van der Waals surface area (Å²) in [6.07, 6.45) is 17.2. The van der Waals surface area contributed by atoms with E-state index in [9.17, 15) is 4.79 Å². The molecule has 1 heterocycles. The van der Waals surface area contributed by atoms with Gasteiger partial charge in [-0.1, -0.05) is 90.7 Å². The van der Waals surface area contributed by atoms with Gasteiger partial charge in [-0.25, -0.2) is 0 Å². The third-order valence-electron chi connectivity index (χ3n) is 6.03. The Labute approximate surface area is 189 Å². The van der Waals surface area contributed by atoms with Crippen LogP contribution in [-0.2, 0) is 11.2 Å². The summed E-state index contributed by atoms with van der Waals surface area (Å²) in [6, 6.07) is 11.9. The first-order chi connectivity index (χ1) is 15.2. The second-order valence-corrected chi connectivity index (χ2v) is 8.71. The first kappa shape index (κ1) is 25.1. The van der Waals surface area contributed by atoms with Gasteiger partial charge in [0, 0.05) is 11.8 Å². The summed E-state index contributed by atoms with van der Waals surface area (Å²) in [5, 5.41) is 0. The molecule has 2 rings (SSSR count). The van der Waals surface area contributed by atoms with Gasteiger partial charge in [0.1, 0.15) is 5.75 Å². The van der Waals surface area contributed by atoms with Crippen molar-refractivity contribution in [2.24, 2.45) is 5.92 Å². The van der Waals surface area contributed by atoms with Gasteiger partial charge in [0.15, 0.2) is 0 Å². The minimum absolute atomic E-state index is 0.108. The van der Waals surface area contributed by atoms with Crippen LogP contribution in [0.25, 0.3) is 11.3 Å². The van der Waals surface area contributed by atoms with Crippen molar-refractivity contribution >= 4 is 5.97 Å². The number of para-hydroxylation sites is 1. The maximum atomic E-state index is 12.3. The molecule has 0 saturated heterocycles. The van der Waals surface area contributed by atoms with Gasteiger partial charge in [-0.2, -0.15) is 0 Å². The van der Waals surface area contributed by atoms with Gasteiger partial charge in [0.05, 0.1) is 11.6 Å². The molecule has 1 aromatic heterocycles. The molecule has 0 spiro atoms. The number of hydrogen-bond acceptors (Lipinski definition) is 3. The molecule has 3 heteroatoms. The Morgan fingerprint density at radius 2 is 1.55 bits per heavy atom. The van der Waals surface area contributed by atoms with Crippen LogP contribution in [0.15, 0.2) is 42.6 Å². The second kappa shape index (κ2) is 14.8. The molecule has 0 amide bonds. The topological polar surface area (TPSA) is 39.2 Å². The molecule has 1 aromatic carbocycles. The van der Waals surface area contributed by atoms with Crippen LogP contribution >= 0.6 is 0 Å². The van der Waals surface area contributed by atoms with Crippen LogP contribution in [0, 0.1) is 5.92 Å². The Balaban J connectivity index is 1.82. The number of nitrogens with zero attached hydrogens (tertiary/aromatic N) is 1. The molecule has 1 atom stereocenters. The first-order valence-corrected chi connectivity index (χ1v) is 12.4. The monoisotopic (exact) mass is 423 g/mol. The van der Waals surface area contributed by atoms with Crippen LogP contribution in [0.1, 0.15) is 97.0 Å². The van der Waals surface area contributed by atoms with Gasteiger partial charge in [0.2, 0.25) is 0 Å². The summed E-state index contributed by atoms with van der Waals surface area (Å²) >= 11 is 0. The number of aryl methyl sites for hydroxylation is 1. The van der Waals surface area contributed by atoms with Crippen molar-refractivity contribution in [2.75, 3.05) is 0 Å². The molecule has 3 nitrogen and oxygen atoms in total. The Morgan fingerprint density at radius 1 is 0.903 bits per heavy atom. The molecule has 170 valence electrons.